The molecule has 0 saturated heterocycles. The van der Waals surface area contributed by atoms with E-state index in [4.69, 9.17) is 4.42 Å². The Bertz CT molecular complexity index is 392. The zero-order valence-corrected chi connectivity index (χ0v) is 8.16. The number of hydrogen-bond acceptors (Lipinski definition) is 2. The lowest BCUT2D eigenvalue weighted by Crippen LogP contribution is -1.97. The summed E-state index contributed by atoms with van der Waals surface area (Å²) in [6.45, 7) is 2.68. The summed E-state index contributed by atoms with van der Waals surface area (Å²) in [7, 11) is 0. The summed E-state index contributed by atoms with van der Waals surface area (Å²) in [5, 5.41) is 3.28. The third kappa shape index (κ3) is 2.16. The van der Waals surface area contributed by atoms with Gasteiger partial charge in [-0.15, -0.1) is 0 Å². The highest BCUT2D eigenvalue weighted by atomic mass is 16.3. The van der Waals surface area contributed by atoms with E-state index >= 15 is 0 Å². The van der Waals surface area contributed by atoms with Crippen LogP contribution in [0.15, 0.2) is 46.9 Å². The van der Waals surface area contributed by atoms with Crippen molar-refractivity contribution in [3.05, 3.63) is 54.0 Å². The minimum absolute atomic E-state index is 0.734. The van der Waals surface area contributed by atoms with Gasteiger partial charge >= 0.3 is 0 Å². The molecule has 14 heavy (non-hydrogen) atoms. The van der Waals surface area contributed by atoms with Gasteiger partial charge in [0.15, 0.2) is 0 Å². The van der Waals surface area contributed by atoms with E-state index in [-0.39, 0.29) is 0 Å². The standard InChI is InChI=1S/C12H13NO/c1-10-7-8-12(14-10)9-13-11-5-3-2-4-6-11/h2-8,13H,9H2,1H3. The molecule has 2 heteroatoms. The van der Waals surface area contributed by atoms with E-state index in [1.165, 1.54) is 0 Å². The molecule has 0 aliphatic rings. The number of para-hydroxylation sites is 1. The third-order valence-corrected chi connectivity index (χ3v) is 2.04. The van der Waals surface area contributed by atoms with E-state index in [1.807, 2.05) is 49.4 Å². The van der Waals surface area contributed by atoms with Gasteiger partial charge in [-0.25, -0.2) is 0 Å². The van der Waals surface area contributed by atoms with Gasteiger partial charge in [0.05, 0.1) is 6.54 Å². The highest BCUT2D eigenvalue weighted by Gasteiger charge is 1.97. The van der Waals surface area contributed by atoms with Crippen molar-refractivity contribution in [3.8, 4) is 0 Å². The normalized spacial score (nSPS) is 10.1. The van der Waals surface area contributed by atoms with Gasteiger partial charge in [0.25, 0.3) is 0 Å². The molecule has 2 nitrogen and oxygen atoms in total. The molecule has 0 amide bonds. The summed E-state index contributed by atoms with van der Waals surface area (Å²) in [5.74, 6) is 1.92. The molecule has 0 aliphatic carbocycles. The number of anilines is 1. The average molecular weight is 187 g/mol. The van der Waals surface area contributed by atoms with Crippen molar-refractivity contribution in [2.75, 3.05) is 5.32 Å². The van der Waals surface area contributed by atoms with Crippen molar-refractivity contribution in [2.24, 2.45) is 0 Å². The van der Waals surface area contributed by atoms with E-state index < -0.39 is 0 Å². The molecule has 1 N–H and O–H groups in total. The van der Waals surface area contributed by atoms with Crippen LogP contribution in [0.2, 0.25) is 0 Å². The number of aryl methyl sites for hydroxylation is 1. The number of benzene rings is 1. The van der Waals surface area contributed by atoms with Gasteiger partial charge in [-0.05, 0) is 31.2 Å². The van der Waals surface area contributed by atoms with Gasteiger partial charge in [0, 0.05) is 5.69 Å². The van der Waals surface area contributed by atoms with E-state index in [1.54, 1.807) is 0 Å². The van der Waals surface area contributed by atoms with Crippen LogP contribution in [-0.4, -0.2) is 0 Å². The Kier molecular flexibility index (Phi) is 2.54. The molecule has 0 bridgehead atoms. The maximum Gasteiger partial charge on any atom is 0.123 e. The number of hydrogen-bond donors (Lipinski definition) is 1. The predicted octanol–water partition coefficient (Wildman–Crippen LogP) is 3.20. The van der Waals surface area contributed by atoms with Gasteiger partial charge in [-0.1, -0.05) is 18.2 Å². The molecule has 1 aromatic heterocycles. The lowest BCUT2D eigenvalue weighted by atomic mass is 10.3. The highest BCUT2D eigenvalue weighted by molar-refractivity contribution is 5.42. The topological polar surface area (TPSA) is 25.2 Å². The van der Waals surface area contributed by atoms with Crippen LogP contribution < -0.4 is 5.32 Å². The van der Waals surface area contributed by atoms with E-state index in [9.17, 15) is 0 Å². The van der Waals surface area contributed by atoms with Crippen molar-refractivity contribution >= 4 is 5.69 Å². The largest absolute Gasteiger partial charge is 0.465 e. The second-order valence-corrected chi connectivity index (χ2v) is 3.23. The quantitative estimate of drug-likeness (QED) is 0.798. The summed E-state index contributed by atoms with van der Waals surface area (Å²) in [6, 6.07) is 14.1. The fourth-order valence-corrected chi connectivity index (χ4v) is 1.33. The Hall–Kier alpha value is -1.70. The SMILES string of the molecule is Cc1ccc(CNc2ccccc2)o1. The van der Waals surface area contributed by atoms with Crippen molar-refractivity contribution < 1.29 is 4.42 Å². The Labute approximate surface area is 83.6 Å². The summed E-state index contributed by atoms with van der Waals surface area (Å²) in [5.41, 5.74) is 1.11. The zero-order valence-electron chi connectivity index (χ0n) is 8.16. The van der Waals surface area contributed by atoms with Crippen molar-refractivity contribution in [1.82, 2.24) is 0 Å². The van der Waals surface area contributed by atoms with Crippen LogP contribution in [0.25, 0.3) is 0 Å². The van der Waals surface area contributed by atoms with Crippen molar-refractivity contribution in [3.63, 3.8) is 0 Å². The summed E-state index contributed by atoms with van der Waals surface area (Å²) >= 11 is 0. The molecule has 0 spiro atoms. The highest BCUT2D eigenvalue weighted by Crippen LogP contribution is 2.10. The first-order valence-electron chi connectivity index (χ1n) is 4.69. The Morgan fingerprint density at radius 2 is 1.86 bits per heavy atom. The Morgan fingerprint density at radius 3 is 2.50 bits per heavy atom. The van der Waals surface area contributed by atoms with Crippen LogP contribution in [0.5, 0.6) is 0 Å². The first-order chi connectivity index (χ1) is 6.84. The second-order valence-electron chi connectivity index (χ2n) is 3.23. The molecule has 0 aliphatic heterocycles. The molecule has 1 heterocycles. The number of nitrogens with one attached hydrogen (secondary N) is 1. The van der Waals surface area contributed by atoms with E-state index in [0.29, 0.717) is 0 Å². The first-order valence-corrected chi connectivity index (χ1v) is 4.69. The molecule has 1 aromatic carbocycles. The van der Waals surface area contributed by atoms with Gasteiger partial charge in [-0.3, -0.25) is 0 Å². The average Bonchev–Trinajstić information content (AvgIpc) is 2.63. The van der Waals surface area contributed by atoms with Crippen LogP contribution in [0.4, 0.5) is 5.69 Å². The Balaban J connectivity index is 1.95. The Morgan fingerprint density at radius 1 is 1.07 bits per heavy atom. The monoisotopic (exact) mass is 187 g/mol. The molecule has 72 valence electrons. The zero-order chi connectivity index (χ0) is 9.80. The maximum atomic E-state index is 5.44. The summed E-state index contributed by atoms with van der Waals surface area (Å²) in [6.07, 6.45) is 0. The molecule has 0 radical (unpaired) electrons. The third-order valence-electron chi connectivity index (χ3n) is 2.04. The predicted molar refractivity (Wildman–Crippen MR) is 57.2 cm³/mol. The van der Waals surface area contributed by atoms with Gasteiger partial charge in [0.2, 0.25) is 0 Å². The smallest absolute Gasteiger partial charge is 0.123 e. The molecular formula is C12H13NO. The fraction of sp³-hybridized carbons (Fsp3) is 0.167. The lowest BCUT2D eigenvalue weighted by molar-refractivity contribution is 0.490. The van der Waals surface area contributed by atoms with Gasteiger partial charge in [-0.2, -0.15) is 0 Å². The summed E-state index contributed by atoms with van der Waals surface area (Å²) in [4.78, 5) is 0. The van der Waals surface area contributed by atoms with Crippen molar-refractivity contribution in [2.45, 2.75) is 13.5 Å². The van der Waals surface area contributed by atoms with Crippen molar-refractivity contribution in [1.29, 1.82) is 0 Å². The summed E-state index contributed by atoms with van der Waals surface area (Å²) < 4.78 is 5.44. The number of furan rings is 1. The van der Waals surface area contributed by atoms with E-state index in [2.05, 4.69) is 5.32 Å². The minimum Gasteiger partial charge on any atom is -0.465 e. The van der Waals surface area contributed by atoms with Crippen LogP contribution in [-0.2, 0) is 6.54 Å². The molecule has 2 rings (SSSR count). The van der Waals surface area contributed by atoms with Crippen LogP contribution in [0, 0.1) is 6.92 Å². The molecule has 0 unspecified atom stereocenters. The van der Waals surface area contributed by atoms with Gasteiger partial charge < -0.3 is 9.73 Å². The van der Waals surface area contributed by atoms with Crippen LogP contribution in [0.1, 0.15) is 11.5 Å². The maximum absolute atomic E-state index is 5.44. The minimum atomic E-state index is 0.734. The van der Waals surface area contributed by atoms with E-state index in [0.717, 1.165) is 23.8 Å². The second kappa shape index (κ2) is 4.01. The fourth-order valence-electron chi connectivity index (χ4n) is 1.33. The van der Waals surface area contributed by atoms with Crippen LogP contribution in [0.3, 0.4) is 0 Å². The number of rotatable bonds is 3. The molecule has 2 aromatic rings. The van der Waals surface area contributed by atoms with Gasteiger partial charge in [0.1, 0.15) is 11.5 Å². The molecule has 0 fully saturated rings. The first kappa shape index (κ1) is 8.88. The lowest BCUT2D eigenvalue weighted by Gasteiger charge is -2.02. The molecule has 0 saturated carbocycles. The van der Waals surface area contributed by atoms with Crippen LogP contribution >= 0.6 is 0 Å². The molecule has 0 atom stereocenters. The molecular weight excluding hydrogens is 174 g/mol.